The quantitative estimate of drug-likeness (QED) is 0.863. The van der Waals surface area contributed by atoms with Gasteiger partial charge in [0.2, 0.25) is 0 Å². The molecule has 92 valence electrons. The van der Waals surface area contributed by atoms with Gasteiger partial charge in [0, 0.05) is 4.88 Å². The molecule has 1 heterocycles. The largest absolute Gasteiger partial charge is 0.480 e. The van der Waals surface area contributed by atoms with E-state index in [1.807, 2.05) is 6.07 Å². The van der Waals surface area contributed by atoms with E-state index in [2.05, 4.69) is 5.32 Å². The molecular formula is C12H15NO3S. The summed E-state index contributed by atoms with van der Waals surface area (Å²) in [6, 6.07) is 1.06. The molecule has 0 aromatic carbocycles. The minimum absolute atomic E-state index is 0.278. The van der Waals surface area contributed by atoms with Crippen LogP contribution >= 0.6 is 11.3 Å². The van der Waals surface area contributed by atoms with Crippen LogP contribution < -0.4 is 5.32 Å². The second kappa shape index (κ2) is 4.87. The molecule has 1 aromatic heterocycles. The summed E-state index contributed by atoms with van der Waals surface area (Å²) in [6.45, 7) is 1.47. The third-order valence-corrected chi connectivity index (χ3v) is 4.17. The lowest BCUT2D eigenvalue weighted by molar-refractivity contribution is -0.138. The number of fused-ring (bicyclic) bond motifs is 1. The average Bonchev–Trinajstić information content (AvgIpc) is 2.72. The highest BCUT2D eigenvalue weighted by Crippen LogP contribution is 2.29. The molecule has 1 atom stereocenters. The van der Waals surface area contributed by atoms with E-state index in [0.717, 1.165) is 12.8 Å². The van der Waals surface area contributed by atoms with Crippen molar-refractivity contribution in [3.8, 4) is 0 Å². The molecule has 0 bridgehead atoms. The molecule has 1 unspecified atom stereocenters. The molecule has 4 nitrogen and oxygen atoms in total. The molecule has 0 fully saturated rings. The number of carboxylic acids is 1. The molecule has 0 saturated heterocycles. The summed E-state index contributed by atoms with van der Waals surface area (Å²) < 4.78 is 0. The first-order valence-corrected chi connectivity index (χ1v) is 6.55. The van der Waals surface area contributed by atoms with Gasteiger partial charge in [-0.2, -0.15) is 0 Å². The van der Waals surface area contributed by atoms with E-state index in [1.54, 1.807) is 0 Å². The predicted octanol–water partition coefficient (Wildman–Crippen LogP) is 1.83. The van der Waals surface area contributed by atoms with E-state index in [0.29, 0.717) is 4.88 Å². The van der Waals surface area contributed by atoms with Crippen molar-refractivity contribution < 1.29 is 14.7 Å². The smallest absolute Gasteiger partial charge is 0.325 e. The van der Waals surface area contributed by atoms with Gasteiger partial charge in [-0.25, -0.2) is 0 Å². The Morgan fingerprint density at radius 3 is 2.76 bits per heavy atom. The van der Waals surface area contributed by atoms with Crippen molar-refractivity contribution in [1.82, 2.24) is 5.32 Å². The van der Waals surface area contributed by atoms with Crippen LogP contribution in [0.1, 0.15) is 39.9 Å². The molecule has 17 heavy (non-hydrogen) atoms. The number of aryl methyl sites for hydroxylation is 2. The number of aliphatic carboxylic acids is 1. The van der Waals surface area contributed by atoms with Gasteiger partial charge in [0.05, 0.1) is 4.88 Å². The number of amides is 1. The molecule has 0 saturated carbocycles. The topological polar surface area (TPSA) is 66.4 Å². The summed E-state index contributed by atoms with van der Waals surface area (Å²) in [4.78, 5) is 24.4. The van der Waals surface area contributed by atoms with Crippen LogP contribution in [-0.4, -0.2) is 23.0 Å². The number of nitrogens with one attached hydrogen (secondary N) is 1. The van der Waals surface area contributed by atoms with Gasteiger partial charge < -0.3 is 10.4 Å². The minimum atomic E-state index is -1.01. The molecule has 0 spiro atoms. The van der Waals surface area contributed by atoms with Gasteiger partial charge in [-0.15, -0.1) is 11.3 Å². The number of hydrogen-bond acceptors (Lipinski definition) is 3. The average molecular weight is 253 g/mol. The maximum atomic E-state index is 11.8. The van der Waals surface area contributed by atoms with Crippen molar-refractivity contribution in [3.05, 3.63) is 21.4 Å². The van der Waals surface area contributed by atoms with Crippen LogP contribution in [-0.2, 0) is 17.6 Å². The Hall–Kier alpha value is -1.36. The van der Waals surface area contributed by atoms with Crippen molar-refractivity contribution in [2.24, 2.45) is 0 Å². The van der Waals surface area contributed by atoms with Crippen LogP contribution in [0.2, 0.25) is 0 Å². The fraction of sp³-hybridized carbons (Fsp3) is 0.500. The molecule has 1 amide bonds. The zero-order valence-corrected chi connectivity index (χ0v) is 10.5. The summed E-state index contributed by atoms with van der Waals surface area (Å²) in [5, 5.41) is 11.2. The molecular weight excluding hydrogens is 238 g/mol. The SMILES string of the molecule is CC(NC(=O)c1cc2c(s1)CCCC2)C(=O)O. The van der Waals surface area contributed by atoms with E-state index in [4.69, 9.17) is 5.11 Å². The summed E-state index contributed by atoms with van der Waals surface area (Å²) in [7, 11) is 0. The number of rotatable bonds is 3. The van der Waals surface area contributed by atoms with Gasteiger partial charge in [0.25, 0.3) is 5.91 Å². The third-order valence-electron chi connectivity index (χ3n) is 2.94. The van der Waals surface area contributed by atoms with Gasteiger partial charge in [0.15, 0.2) is 0 Å². The number of carbonyl (C=O) groups is 2. The summed E-state index contributed by atoms with van der Waals surface area (Å²) >= 11 is 1.49. The fourth-order valence-corrected chi connectivity index (χ4v) is 3.09. The fourth-order valence-electron chi connectivity index (χ4n) is 1.93. The van der Waals surface area contributed by atoms with Crippen LogP contribution in [0, 0.1) is 0 Å². The number of hydrogen-bond donors (Lipinski definition) is 2. The van der Waals surface area contributed by atoms with Gasteiger partial charge in [-0.3, -0.25) is 9.59 Å². The molecule has 2 rings (SSSR count). The third kappa shape index (κ3) is 2.66. The van der Waals surface area contributed by atoms with E-state index in [-0.39, 0.29) is 5.91 Å². The van der Waals surface area contributed by atoms with Crippen LogP contribution in [0.4, 0.5) is 0 Å². The highest BCUT2D eigenvalue weighted by molar-refractivity contribution is 7.14. The van der Waals surface area contributed by atoms with Crippen molar-refractivity contribution >= 4 is 23.2 Å². The van der Waals surface area contributed by atoms with Gasteiger partial charge >= 0.3 is 5.97 Å². The Kier molecular flexibility index (Phi) is 3.47. The van der Waals surface area contributed by atoms with Gasteiger partial charge in [-0.1, -0.05) is 0 Å². The van der Waals surface area contributed by atoms with Crippen molar-refractivity contribution in [2.45, 2.75) is 38.6 Å². The monoisotopic (exact) mass is 253 g/mol. The van der Waals surface area contributed by atoms with E-state index in [9.17, 15) is 9.59 Å². The lowest BCUT2D eigenvalue weighted by Crippen LogP contribution is -2.37. The zero-order chi connectivity index (χ0) is 12.4. The second-order valence-corrected chi connectivity index (χ2v) is 5.44. The minimum Gasteiger partial charge on any atom is -0.480 e. The first-order chi connectivity index (χ1) is 8.08. The van der Waals surface area contributed by atoms with Gasteiger partial charge in [0.1, 0.15) is 6.04 Å². The van der Waals surface area contributed by atoms with E-state index < -0.39 is 12.0 Å². The molecule has 1 aliphatic rings. The molecule has 2 N–H and O–H groups in total. The van der Waals surface area contributed by atoms with Crippen LogP contribution in [0.5, 0.6) is 0 Å². The lowest BCUT2D eigenvalue weighted by atomic mass is 9.99. The summed E-state index contributed by atoms with van der Waals surface area (Å²) in [5.74, 6) is -1.29. The lowest BCUT2D eigenvalue weighted by Gasteiger charge is -2.08. The predicted molar refractivity (Wildman–Crippen MR) is 65.5 cm³/mol. The summed E-state index contributed by atoms with van der Waals surface area (Å²) in [5.41, 5.74) is 1.26. The van der Waals surface area contributed by atoms with Crippen molar-refractivity contribution in [1.29, 1.82) is 0 Å². The van der Waals surface area contributed by atoms with E-state index in [1.165, 1.54) is 41.5 Å². The molecule has 0 radical (unpaired) electrons. The Morgan fingerprint density at radius 2 is 2.12 bits per heavy atom. The maximum Gasteiger partial charge on any atom is 0.325 e. The Labute approximate surface area is 104 Å². The second-order valence-electron chi connectivity index (χ2n) is 4.30. The molecule has 1 aliphatic carbocycles. The highest BCUT2D eigenvalue weighted by Gasteiger charge is 2.20. The Balaban J connectivity index is 2.09. The maximum absolute atomic E-state index is 11.8. The highest BCUT2D eigenvalue weighted by atomic mass is 32.1. The zero-order valence-electron chi connectivity index (χ0n) is 9.66. The molecule has 0 aliphatic heterocycles. The van der Waals surface area contributed by atoms with Crippen LogP contribution in [0.3, 0.4) is 0 Å². The number of thiophene rings is 1. The normalized spacial score (nSPS) is 16.1. The van der Waals surface area contributed by atoms with Gasteiger partial charge in [-0.05, 0) is 44.2 Å². The Bertz CT molecular complexity index is 429. The van der Waals surface area contributed by atoms with Crippen molar-refractivity contribution in [2.75, 3.05) is 0 Å². The Morgan fingerprint density at radius 1 is 1.41 bits per heavy atom. The molecule has 1 aromatic rings. The summed E-state index contributed by atoms with van der Waals surface area (Å²) in [6.07, 6.45) is 4.44. The first-order valence-electron chi connectivity index (χ1n) is 5.73. The standard InChI is InChI=1S/C12H15NO3S/c1-7(12(15)16)13-11(14)10-6-8-4-2-3-5-9(8)17-10/h6-7H,2-5H2,1H3,(H,13,14)(H,15,16). The van der Waals surface area contributed by atoms with Crippen LogP contribution in [0.25, 0.3) is 0 Å². The van der Waals surface area contributed by atoms with Crippen molar-refractivity contribution in [3.63, 3.8) is 0 Å². The molecule has 5 heteroatoms. The van der Waals surface area contributed by atoms with E-state index >= 15 is 0 Å². The first kappa shape index (κ1) is 12.1. The number of carbonyl (C=O) groups excluding carboxylic acids is 1. The number of carboxylic acid groups (broad SMARTS) is 1. The van der Waals surface area contributed by atoms with Crippen LogP contribution in [0.15, 0.2) is 6.07 Å².